The van der Waals surface area contributed by atoms with Gasteiger partial charge >= 0.3 is 0 Å². The number of rotatable bonds is 4. The van der Waals surface area contributed by atoms with E-state index in [2.05, 4.69) is 10.6 Å². The first kappa shape index (κ1) is 12.9. The van der Waals surface area contributed by atoms with Gasteiger partial charge in [0.15, 0.2) is 0 Å². The smallest absolute Gasteiger partial charge is 0.250 e. The van der Waals surface area contributed by atoms with Crippen LogP contribution in [0.2, 0.25) is 0 Å². The van der Waals surface area contributed by atoms with Crippen LogP contribution < -0.4 is 10.6 Å². The molecule has 0 aliphatic carbocycles. The molecule has 1 heterocycles. The lowest BCUT2D eigenvalue weighted by molar-refractivity contribution is -0.130. The lowest BCUT2D eigenvalue weighted by Crippen LogP contribution is -2.59. The van der Waals surface area contributed by atoms with Gasteiger partial charge in [-0.1, -0.05) is 0 Å². The van der Waals surface area contributed by atoms with Crippen molar-refractivity contribution < 1.29 is 18.3 Å². The van der Waals surface area contributed by atoms with E-state index >= 15 is 0 Å². The maximum absolute atomic E-state index is 13.3. The van der Waals surface area contributed by atoms with Crippen LogP contribution in [-0.4, -0.2) is 31.2 Å². The van der Waals surface area contributed by atoms with Crippen molar-refractivity contribution in [2.45, 2.75) is 12.5 Å². The number of ether oxygens (including phenoxy) is 1. The third-order valence-corrected chi connectivity index (χ3v) is 2.75. The lowest BCUT2D eigenvalue weighted by atomic mass is 10.0. The van der Waals surface area contributed by atoms with Gasteiger partial charge in [-0.25, -0.2) is 8.78 Å². The summed E-state index contributed by atoms with van der Waals surface area (Å²) in [5.74, 6) is -1.96. The number of hydrogen-bond acceptors (Lipinski definition) is 3. The molecule has 1 aromatic carbocycles. The van der Waals surface area contributed by atoms with Gasteiger partial charge < -0.3 is 15.4 Å². The topological polar surface area (TPSA) is 50.4 Å². The number of amides is 1. The molecule has 2 N–H and O–H groups in total. The molecule has 0 unspecified atom stereocenters. The van der Waals surface area contributed by atoms with Crippen LogP contribution in [-0.2, 0) is 9.53 Å². The number of hydrogen-bond donors (Lipinski definition) is 2. The Balaban J connectivity index is 1.87. The number of nitrogens with one attached hydrogen (secondary N) is 2. The molecule has 1 aliphatic heterocycles. The van der Waals surface area contributed by atoms with Gasteiger partial charge in [-0.2, -0.15) is 0 Å². The van der Waals surface area contributed by atoms with E-state index in [4.69, 9.17) is 4.74 Å². The molecule has 1 aromatic rings. The summed E-state index contributed by atoms with van der Waals surface area (Å²) in [6.45, 7) is 3.10. The molecule has 4 nitrogen and oxygen atoms in total. The number of halogens is 2. The summed E-state index contributed by atoms with van der Waals surface area (Å²) in [5.41, 5.74) is -0.388. The normalized spacial score (nSPS) is 17.1. The highest BCUT2D eigenvalue weighted by Crippen LogP contribution is 2.17. The van der Waals surface area contributed by atoms with E-state index in [-0.39, 0.29) is 17.9 Å². The molecule has 6 heteroatoms. The van der Waals surface area contributed by atoms with Gasteiger partial charge in [0.25, 0.3) is 0 Å². The highest BCUT2D eigenvalue weighted by molar-refractivity contribution is 5.91. The Labute approximate surface area is 103 Å². The SMILES string of the molecule is CC1(OCC(=O)Nc2ccc(F)cc2F)CNC1. The van der Waals surface area contributed by atoms with Crippen molar-refractivity contribution in [2.24, 2.45) is 0 Å². The van der Waals surface area contributed by atoms with E-state index in [1.165, 1.54) is 6.07 Å². The fraction of sp³-hybridized carbons (Fsp3) is 0.417. The van der Waals surface area contributed by atoms with Crippen LogP contribution in [0.5, 0.6) is 0 Å². The van der Waals surface area contributed by atoms with Gasteiger partial charge in [-0.3, -0.25) is 4.79 Å². The summed E-state index contributed by atoms with van der Waals surface area (Å²) >= 11 is 0. The largest absolute Gasteiger partial charge is 0.363 e. The fourth-order valence-corrected chi connectivity index (χ4v) is 1.60. The predicted octanol–water partition coefficient (Wildman–Crippen LogP) is 1.28. The first-order valence-electron chi connectivity index (χ1n) is 5.58. The zero-order valence-corrected chi connectivity index (χ0v) is 9.93. The van der Waals surface area contributed by atoms with Crippen molar-refractivity contribution in [3.05, 3.63) is 29.8 Å². The van der Waals surface area contributed by atoms with Crippen molar-refractivity contribution in [1.29, 1.82) is 0 Å². The average molecular weight is 256 g/mol. The van der Waals surface area contributed by atoms with Crippen molar-refractivity contribution in [2.75, 3.05) is 25.0 Å². The molecular weight excluding hydrogens is 242 g/mol. The summed E-state index contributed by atoms with van der Waals surface area (Å²) in [7, 11) is 0. The van der Waals surface area contributed by atoms with Crippen LogP contribution in [0, 0.1) is 11.6 Å². The second kappa shape index (κ2) is 4.99. The summed E-state index contributed by atoms with van der Waals surface area (Å²) in [5, 5.41) is 5.36. The quantitative estimate of drug-likeness (QED) is 0.853. The molecule has 0 spiro atoms. The Bertz CT molecular complexity index is 461. The van der Waals surface area contributed by atoms with Crippen molar-refractivity contribution in [1.82, 2.24) is 5.32 Å². The second-order valence-corrected chi connectivity index (χ2v) is 4.51. The second-order valence-electron chi connectivity index (χ2n) is 4.51. The third-order valence-electron chi connectivity index (χ3n) is 2.75. The van der Waals surface area contributed by atoms with Crippen molar-refractivity contribution in [3.8, 4) is 0 Å². The van der Waals surface area contributed by atoms with E-state index in [0.29, 0.717) is 19.2 Å². The highest BCUT2D eigenvalue weighted by atomic mass is 19.1. The number of carbonyl (C=O) groups is 1. The minimum absolute atomic E-state index is 0.0538. The van der Waals surface area contributed by atoms with Crippen molar-refractivity contribution >= 4 is 11.6 Å². The summed E-state index contributed by atoms with van der Waals surface area (Å²) in [6, 6.07) is 2.97. The molecule has 0 atom stereocenters. The molecule has 0 aromatic heterocycles. The number of anilines is 1. The Kier molecular flexibility index (Phi) is 3.58. The number of carbonyl (C=O) groups excluding carboxylic acids is 1. The molecule has 98 valence electrons. The molecular formula is C12H14F2N2O2. The van der Waals surface area contributed by atoms with Gasteiger partial charge in [0.1, 0.15) is 18.2 Å². The van der Waals surface area contributed by atoms with Gasteiger partial charge in [-0.15, -0.1) is 0 Å². The van der Waals surface area contributed by atoms with Crippen LogP contribution in [0.4, 0.5) is 14.5 Å². The average Bonchev–Trinajstić information content (AvgIpc) is 2.28. The zero-order valence-electron chi connectivity index (χ0n) is 9.93. The lowest BCUT2D eigenvalue weighted by Gasteiger charge is -2.38. The van der Waals surface area contributed by atoms with Crippen LogP contribution in [0.25, 0.3) is 0 Å². The van der Waals surface area contributed by atoms with Crippen LogP contribution in [0.15, 0.2) is 18.2 Å². The van der Waals surface area contributed by atoms with E-state index in [1.807, 2.05) is 6.92 Å². The van der Waals surface area contributed by atoms with Gasteiger partial charge in [-0.05, 0) is 19.1 Å². The summed E-state index contributed by atoms with van der Waals surface area (Å²) in [4.78, 5) is 11.5. The van der Waals surface area contributed by atoms with Gasteiger partial charge in [0, 0.05) is 19.2 Å². The van der Waals surface area contributed by atoms with Gasteiger partial charge in [0.2, 0.25) is 5.91 Å². The Morgan fingerprint density at radius 3 is 2.78 bits per heavy atom. The Morgan fingerprint density at radius 1 is 1.50 bits per heavy atom. The van der Waals surface area contributed by atoms with Crippen LogP contribution in [0.3, 0.4) is 0 Å². The fourth-order valence-electron chi connectivity index (χ4n) is 1.60. The minimum atomic E-state index is -0.806. The maximum atomic E-state index is 13.3. The Hall–Kier alpha value is -1.53. The molecule has 1 fully saturated rings. The van der Waals surface area contributed by atoms with E-state index in [9.17, 15) is 13.6 Å². The Morgan fingerprint density at radius 2 is 2.22 bits per heavy atom. The maximum Gasteiger partial charge on any atom is 0.250 e. The molecule has 1 aliphatic rings. The van der Waals surface area contributed by atoms with Crippen LogP contribution >= 0.6 is 0 Å². The van der Waals surface area contributed by atoms with Gasteiger partial charge in [0.05, 0.1) is 11.3 Å². The third kappa shape index (κ3) is 3.02. The zero-order chi connectivity index (χ0) is 13.2. The summed E-state index contributed by atoms with van der Waals surface area (Å²) in [6.07, 6.45) is 0. The molecule has 1 saturated heterocycles. The molecule has 2 rings (SSSR count). The van der Waals surface area contributed by atoms with Crippen molar-refractivity contribution in [3.63, 3.8) is 0 Å². The molecule has 18 heavy (non-hydrogen) atoms. The van der Waals surface area contributed by atoms with Crippen LogP contribution in [0.1, 0.15) is 6.92 Å². The molecule has 0 bridgehead atoms. The first-order valence-corrected chi connectivity index (χ1v) is 5.58. The molecule has 1 amide bonds. The van der Waals surface area contributed by atoms with E-state index < -0.39 is 17.5 Å². The number of benzene rings is 1. The van der Waals surface area contributed by atoms with E-state index in [1.54, 1.807) is 0 Å². The highest BCUT2D eigenvalue weighted by Gasteiger charge is 2.33. The van der Waals surface area contributed by atoms with E-state index in [0.717, 1.165) is 6.07 Å². The predicted molar refractivity (Wildman–Crippen MR) is 62.2 cm³/mol. The molecule has 0 radical (unpaired) electrons. The standard InChI is InChI=1S/C12H14F2N2O2/c1-12(6-15-7-12)18-5-11(17)16-10-3-2-8(13)4-9(10)14/h2-4,15H,5-7H2,1H3,(H,16,17). The first-order chi connectivity index (χ1) is 8.48. The minimum Gasteiger partial charge on any atom is -0.363 e. The summed E-state index contributed by atoms with van der Waals surface area (Å²) < 4.78 is 31.3. The monoisotopic (exact) mass is 256 g/mol. The molecule has 0 saturated carbocycles.